The topological polar surface area (TPSA) is 68.0 Å². The van der Waals surface area contributed by atoms with Crippen LogP contribution in [0.4, 0.5) is 5.13 Å². The van der Waals surface area contributed by atoms with Gasteiger partial charge in [-0.05, 0) is 5.56 Å². The van der Waals surface area contributed by atoms with Crippen LogP contribution in [0.15, 0.2) is 51.4 Å². The van der Waals surface area contributed by atoms with Crippen LogP contribution >= 0.6 is 23.1 Å². The maximum absolute atomic E-state index is 12.1. The number of nitrogens with one attached hydrogen (secondary N) is 1. The van der Waals surface area contributed by atoms with Crippen LogP contribution in [0.5, 0.6) is 0 Å². The second-order valence-corrected chi connectivity index (χ2v) is 9.17. The van der Waals surface area contributed by atoms with Gasteiger partial charge in [-0.3, -0.25) is 4.79 Å². The van der Waals surface area contributed by atoms with Gasteiger partial charge in [-0.25, -0.2) is 9.97 Å². The summed E-state index contributed by atoms with van der Waals surface area (Å²) in [7, 11) is 0. The van der Waals surface area contributed by atoms with E-state index in [0.717, 1.165) is 21.4 Å². The van der Waals surface area contributed by atoms with Crippen molar-refractivity contribution in [3.05, 3.63) is 59.9 Å². The molecule has 0 radical (unpaired) electrons. The first-order valence-corrected chi connectivity index (χ1v) is 10.1. The zero-order chi connectivity index (χ0) is 18.6. The fourth-order valence-electron chi connectivity index (χ4n) is 2.19. The molecule has 1 amide bonds. The number of hydrogen-bond donors (Lipinski definition) is 1. The number of oxazole rings is 1. The van der Waals surface area contributed by atoms with Crippen molar-refractivity contribution < 1.29 is 9.21 Å². The van der Waals surface area contributed by atoms with Gasteiger partial charge >= 0.3 is 0 Å². The third-order valence-corrected chi connectivity index (χ3v) is 5.62. The Morgan fingerprint density at radius 2 is 1.96 bits per heavy atom. The van der Waals surface area contributed by atoms with Crippen LogP contribution in [-0.4, -0.2) is 15.9 Å². The molecule has 0 aliphatic rings. The molecular weight excluding hydrogens is 366 g/mol. The van der Waals surface area contributed by atoms with E-state index in [-0.39, 0.29) is 11.3 Å². The number of amides is 1. The minimum atomic E-state index is -0.0936. The summed E-state index contributed by atoms with van der Waals surface area (Å²) in [6.45, 7) is 6.22. The van der Waals surface area contributed by atoms with Gasteiger partial charge in [0.05, 0.1) is 28.8 Å². The van der Waals surface area contributed by atoms with E-state index in [2.05, 4.69) is 36.1 Å². The highest BCUT2D eigenvalue weighted by Gasteiger charge is 2.20. The fourth-order valence-corrected chi connectivity index (χ4v) is 3.95. The Morgan fingerprint density at radius 3 is 2.65 bits per heavy atom. The van der Waals surface area contributed by atoms with Gasteiger partial charge in [0.2, 0.25) is 5.91 Å². The summed E-state index contributed by atoms with van der Waals surface area (Å²) in [5.74, 6) is 2.20. The van der Waals surface area contributed by atoms with Crippen molar-refractivity contribution >= 4 is 34.1 Å². The van der Waals surface area contributed by atoms with Gasteiger partial charge in [0.25, 0.3) is 0 Å². The third-order valence-electron chi connectivity index (χ3n) is 3.49. The molecule has 0 aliphatic carbocycles. The summed E-state index contributed by atoms with van der Waals surface area (Å²) >= 11 is 3.08. The third kappa shape index (κ3) is 5.19. The van der Waals surface area contributed by atoms with E-state index in [1.54, 1.807) is 24.2 Å². The molecule has 0 saturated heterocycles. The summed E-state index contributed by atoms with van der Waals surface area (Å²) in [5.41, 5.74) is 0.889. The quantitative estimate of drug-likeness (QED) is 0.609. The lowest BCUT2D eigenvalue weighted by molar-refractivity contribution is -0.115. The van der Waals surface area contributed by atoms with E-state index in [1.165, 1.54) is 11.3 Å². The number of hydrogen-bond acceptors (Lipinski definition) is 6. The van der Waals surface area contributed by atoms with Crippen molar-refractivity contribution in [2.75, 3.05) is 5.32 Å². The van der Waals surface area contributed by atoms with Crippen LogP contribution in [0.25, 0.3) is 0 Å². The fraction of sp³-hybridized carbons (Fsp3) is 0.316. The predicted octanol–water partition coefficient (Wildman–Crippen LogP) is 4.90. The monoisotopic (exact) mass is 387 g/mol. The maximum Gasteiger partial charge on any atom is 0.230 e. The smallest absolute Gasteiger partial charge is 0.230 e. The second-order valence-electron chi connectivity index (χ2n) is 6.87. The molecule has 0 unspecified atom stereocenters. The predicted molar refractivity (Wildman–Crippen MR) is 106 cm³/mol. The molecule has 7 heteroatoms. The van der Waals surface area contributed by atoms with Gasteiger partial charge in [-0.1, -0.05) is 62.4 Å². The molecule has 0 bridgehead atoms. The van der Waals surface area contributed by atoms with Gasteiger partial charge in [-0.15, -0.1) is 11.8 Å². The van der Waals surface area contributed by atoms with Crippen molar-refractivity contribution in [2.45, 2.75) is 42.6 Å². The molecule has 3 rings (SSSR count). The lowest BCUT2D eigenvalue weighted by atomic mass is 9.97. The van der Waals surface area contributed by atoms with E-state index in [4.69, 9.17) is 4.42 Å². The number of anilines is 1. The number of aromatic nitrogens is 2. The minimum Gasteiger partial charge on any atom is -0.444 e. The summed E-state index contributed by atoms with van der Waals surface area (Å²) < 4.78 is 6.81. The van der Waals surface area contributed by atoms with E-state index < -0.39 is 0 Å². The van der Waals surface area contributed by atoms with Crippen LogP contribution in [0.2, 0.25) is 0 Å². The molecule has 0 fully saturated rings. The zero-order valence-corrected chi connectivity index (χ0v) is 16.6. The van der Waals surface area contributed by atoms with Crippen LogP contribution < -0.4 is 5.32 Å². The molecule has 0 spiro atoms. The number of carbonyl (C=O) groups excluding carboxylic acids is 1. The molecule has 2 aromatic heterocycles. The van der Waals surface area contributed by atoms with E-state index in [9.17, 15) is 4.79 Å². The highest BCUT2D eigenvalue weighted by Crippen LogP contribution is 2.31. The van der Waals surface area contributed by atoms with Crippen LogP contribution in [-0.2, 0) is 22.4 Å². The first kappa shape index (κ1) is 18.7. The number of thiazole rings is 1. The zero-order valence-electron chi connectivity index (χ0n) is 15.0. The highest BCUT2D eigenvalue weighted by atomic mass is 32.2. The van der Waals surface area contributed by atoms with E-state index in [0.29, 0.717) is 17.3 Å². The van der Waals surface area contributed by atoms with Crippen molar-refractivity contribution in [3.8, 4) is 0 Å². The SMILES string of the molecule is CC(C)(C)c1ncc(CSc2cnc(NC(=O)Cc3ccccc3)s2)o1. The molecule has 26 heavy (non-hydrogen) atoms. The van der Waals surface area contributed by atoms with Crippen molar-refractivity contribution in [1.82, 2.24) is 9.97 Å². The average Bonchev–Trinajstić information content (AvgIpc) is 3.22. The lowest BCUT2D eigenvalue weighted by Gasteiger charge is -2.12. The van der Waals surface area contributed by atoms with Gasteiger partial charge in [0.15, 0.2) is 11.0 Å². The maximum atomic E-state index is 12.1. The molecule has 5 nitrogen and oxygen atoms in total. The molecule has 1 N–H and O–H groups in total. The van der Waals surface area contributed by atoms with E-state index >= 15 is 0 Å². The van der Waals surface area contributed by atoms with Gasteiger partial charge in [-0.2, -0.15) is 0 Å². The molecule has 0 atom stereocenters. The van der Waals surface area contributed by atoms with Gasteiger partial charge < -0.3 is 9.73 Å². The Bertz CT molecular complexity index is 866. The Morgan fingerprint density at radius 1 is 1.19 bits per heavy atom. The van der Waals surface area contributed by atoms with Crippen LogP contribution in [0, 0.1) is 0 Å². The summed E-state index contributed by atoms with van der Waals surface area (Å²) in [6.07, 6.45) is 3.89. The van der Waals surface area contributed by atoms with Gasteiger partial charge in [0.1, 0.15) is 5.76 Å². The minimum absolute atomic E-state index is 0.0628. The first-order valence-electron chi connectivity index (χ1n) is 8.28. The van der Waals surface area contributed by atoms with Gasteiger partial charge in [0, 0.05) is 5.41 Å². The lowest BCUT2D eigenvalue weighted by Crippen LogP contribution is -2.13. The Hall–Kier alpha value is -2.12. The van der Waals surface area contributed by atoms with Crippen molar-refractivity contribution in [3.63, 3.8) is 0 Å². The van der Waals surface area contributed by atoms with Crippen LogP contribution in [0.1, 0.15) is 38.0 Å². The number of nitrogens with zero attached hydrogens (tertiary/aromatic N) is 2. The molecular formula is C19H21N3O2S2. The standard InChI is InChI=1S/C19H21N3O2S2/c1-19(2,3)17-20-10-14(24-17)12-25-16-11-21-18(26-16)22-15(23)9-13-7-5-4-6-8-13/h4-8,10-11H,9,12H2,1-3H3,(H,21,22,23). The van der Waals surface area contributed by atoms with Crippen molar-refractivity contribution in [1.29, 1.82) is 0 Å². The highest BCUT2D eigenvalue weighted by molar-refractivity contribution is 8.00. The summed E-state index contributed by atoms with van der Waals surface area (Å²) in [4.78, 5) is 20.7. The number of carbonyl (C=O) groups is 1. The average molecular weight is 388 g/mol. The number of benzene rings is 1. The molecule has 1 aromatic carbocycles. The first-order chi connectivity index (χ1) is 12.4. The molecule has 0 aliphatic heterocycles. The summed E-state index contributed by atoms with van der Waals surface area (Å²) in [5, 5.41) is 3.46. The largest absolute Gasteiger partial charge is 0.444 e. The normalized spacial score (nSPS) is 11.5. The molecule has 3 aromatic rings. The molecule has 0 saturated carbocycles. The number of rotatable bonds is 6. The van der Waals surface area contributed by atoms with Crippen LogP contribution in [0.3, 0.4) is 0 Å². The van der Waals surface area contributed by atoms with E-state index in [1.807, 2.05) is 30.3 Å². The Kier molecular flexibility index (Phi) is 5.78. The number of thioether (sulfide) groups is 1. The molecule has 136 valence electrons. The van der Waals surface area contributed by atoms with Crippen molar-refractivity contribution in [2.24, 2.45) is 0 Å². The summed E-state index contributed by atoms with van der Waals surface area (Å²) in [6, 6.07) is 9.66. The Labute approximate surface area is 161 Å². The second kappa shape index (κ2) is 8.05. The molecule has 2 heterocycles. The Balaban J connectivity index is 1.51.